The van der Waals surface area contributed by atoms with E-state index >= 15 is 0 Å². The van der Waals surface area contributed by atoms with E-state index in [1.165, 1.54) is 18.2 Å². The van der Waals surface area contributed by atoms with Crippen LogP contribution in [0.2, 0.25) is 5.02 Å². The number of nitrogens with zero attached hydrogens (tertiary/aromatic N) is 3. The smallest absolute Gasteiger partial charge is 0.232 e. The maximum Gasteiger partial charge on any atom is 0.232 e. The molecule has 0 aliphatic carbocycles. The summed E-state index contributed by atoms with van der Waals surface area (Å²) in [5, 5.41) is 3.95. The van der Waals surface area contributed by atoms with Crippen molar-refractivity contribution in [3.05, 3.63) is 64.3 Å². The molecular formula is C20H17ClFN3O2. The molecule has 0 saturated carbocycles. The highest BCUT2D eigenvalue weighted by atomic mass is 35.5. The zero-order valence-electron chi connectivity index (χ0n) is 14.9. The number of halogens is 2. The van der Waals surface area contributed by atoms with Crippen LogP contribution < -0.4 is 4.90 Å². The number of rotatable bonds is 3. The summed E-state index contributed by atoms with van der Waals surface area (Å²) in [4.78, 5) is 18.7. The molecular weight excluding hydrogens is 369 g/mol. The predicted molar refractivity (Wildman–Crippen MR) is 100 cm³/mol. The van der Waals surface area contributed by atoms with Crippen LogP contribution in [0.5, 0.6) is 0 Å². The minimum Gasteiger partial charge on any atom is -0.339 e. The second-order valence-electron chi connectivity index (χ2n) is 6.84. The lowest BCUT2D eigenvalue weighted by Crippen LogP contribution is -2.24. The Kier molecular flexibility index (Phi) is 4.44. The monoisotopic (exact) mass is 385 g/mol. The van der Waals surface area contributed by atoms with Gasteiger partial charge in [0.1, 0.15) is 5.82 Å². The van der Waals surface area contributed by atoms with Gasteiger partial charge in [-0.3, -0.25) is 4.79 Å². The largest absolute Gasteiger partial charge is 0.339 e. The number of carbonyl (C=O) groups excluding carboxylic acids is 1. The molecule has 0 radical (unpaired) electrons. The second kappa shape index (κ2) is 6.78. The number of benzene rings is 2. The Hall–Kier alpha value is -2.73. The van der Waals surface area contributed by atoms with Crippen molar-refractivity contribution in [2.24, 2.45) is 0 Å². The highest BCUT2D eigenvalue weighted by Crippen LogP contribution is 2.33. The molecule has 1 aliphatic heterocycles. The Bertz CT molecular complexity index is 1010. The maximum absolute atomic E-state index is 13.3. The van der Waals surface area contributed by atoms with Crippen molar-refractivity contribution in [2.75, 3.05) is 11.4 Å². The second-order valence-corrected chi connectivity index (χ2v) is 7.24. The molecule has 1 atom stereocenters. The predicted octanol–water partition coefficient (Wildman–Crippen LogP) is 4.67. The molecule has 2 aromatic carbocycles. The summed E-state index contributed by atoms with van der Waals surface area (Å²) >= 11 is 5.82. The van der Waals surface area contributed by atoms with Crippen LogP contribution >= 0.6 is 11.6 Å². The summed E-state index contributed by atoms with van der Waals surface area (Å²) in [6.07, 6.45) is 0.304. The van der Waals surface area contributed by atoms with Gasteiger partial charge in [-0.2, -0.15) is 4.98 Å². The lowest BCUT2D eigenvalue weighted by atomic mass is 10.1. The minimum atomic E-state index is -0.505. The first-order valence-corrected chi connectivity index (χ1v) is 8.96. The van der Waals surface area contributed by atoms with Crippen LogP contribution in [0.25, 0.3) is 11.4 Å². The molecule has 1 aliphatic rings. The third-order valence-electron chi connectivity index (χ3n) is 4.61. The average Bonchev–Trinajstić information content (AvgIpc) is 3.23. The van der Waals surface area contributed by atoms with Crippen molar-refractivity contribution in [3.8, 4) is 11.4 Å². The van der Waals surface area contributed by atoms with E-state index in [0.717, 1.165) is 16.8 Å². The highest BCUT2D eigenvalue weighted by Gasteiger charge is 2.35. The van der Waals surface area contributed by atoms with E-state index in [-0.39, 0.29) is 16.8 Å². The van der Waals surface area contributed by atoms with Gasteiger partial charge in [0.25, 0.3) is 0 Å². The molecule has 0 spiro atoms. The summed E-state index contributed by atoms with van der Waals surface area (Å²) in [5.74, 6) is 0.0505. The van der Waals surface area contributed by atoms with E-state index in [1.807, 2.05) is 26.0 Å². The minimum absolute atomic E-state index is 0.00381. The zero-order valence-corrected chi connectivity index (χ0v) is 15.6. The Morgan fingerprint density at radius 3 is 2.63 bits per heavy atom. The number of hydrogen-bond donors (Lipinski definition) is 0. The number of carbonyl (C=O) groups is 1. The first-order valence-electron chi connectivity index (χ1n) is 8.58. The van der Waals surface area contributed by atoms with Crippen molar-refractivity contribution >= 4 is 23.2 Å². The first kappa shape index (κ1) is 17.7. The molecule has 0 bridgehead atoms. The van der Waals surface area contributed by atoms with Crippen LogP contribution in [-0.2, 0) is 4.79 Å². The van der Waals surface area contributed by atoms with E-state index in [1.54, 1.807) is 4.90 Å². The van der Waals surface area contributed by atoms with Crippen molar-refractivity contribution < 1.29 is 13.7 Å². The van der Waals surface area contributed by atoms with Crippen LogP contribution in [0.1, 0.15) is 29.4 Å². The van der Waals surface area contributed by atoms with Crippen LogP contribution in [0.3, 0.4) is 0 Å². The molecule has 7 heteroatoms. The molecule has 3 aromatic rings. The molecule has 5 nitrogen and oxygen atoms in total. The molecule has 1 saturated heterocycles. The van der Waals surface area contributed by atoms with E-state index in [0.29, 0.717) is 30.2 Å². The van der Waals surface area contributed by atoms with E-state index < -0.39 is 5.82 Å². The Balaban J connectivity index is 1.57. The van der Waals surface area contributed by atoms with Gasteiger partial charge in [-0.25, -0.2) is 4.39 Å². The van der Waals surface area contributed by atoms with Gasteiger partial charge >= 0.3 is 0 Å². The fraction of sp³-hybridized carbons (Fsp3) is 0.250. The highest BCUT2D eigenvalue weighted by molar-refractivity contribution is 6.31. The standard InChI is InChI=1S/C20H17ClFN3O2/c1-11-5-12(2)7-15(6-11)25-10-14(9-18(25)26)20-23-19(24-27-20)13-3-4-17(22)16(21)8-13/h3-8,14H,9-10H2,1-2H3. The van der Waals surface area contributed by atoms with Crippen LogP contribution in [0.15, 0.2) is 40.9 Å². The van der Waals surface area contributed by atoms with Gasteiger partial charge in [-0.05, 0) is 55.3 Å². The van der Waals surface area contributed by atoms with Gasteiger partial charge in [0.15, 0.2) is 0 Å². The van der Waals surface area contributed by atoms with E-state index in [4.69, 9.17) is 16.1 Å². The van der Waals surface area contributed by atoms with Gasteiger partial charge in [0, 0.05) is 24.2 Å². The van der Waals surface area contributed by atoms with Crippen LogP contribution in [0.4, 0.5) is 10.1 Å². The fourth-order valence-corrected chi connectivity index (χ4v) is 3.56. The van der Waals surface area contributed by atoms with Crippen LogP contribution in [-0.4, -0.2) is 22.6 Å². The van der Waals surface area contributed by atoms with Crippen molar-refractivity contribution in [3.63, 3.8) is 0 Å². The average molecular weight is 386 g/mol. The topological polar surface area (TPSA) is 59.2 Å². The molecule has 0 N–H and O–H groups in total. The van der Waals surface area contributed by atoms with Gasteiger partial charge in [0.05, 0.1) is 10.9 Å². The number of hydrogen-bond acceptors (Lipinski definition) is 4. The van der Waals surface area contributed by atoms with Crippen molar-refractivity contribution in [1.82, 2.24) is 10.1 Å². The van der Waals surface area contributed by atoms with E-state index in [2.05, 4.69) is 16.2 Å². The van der Waals surface area contributed by atoms with Crippen molar-refractivity contribution in [2.45, 2.75) is 26.2 Å². The Morgan fingerprint density at radius 1 is 1.19 bits per heavy atom. The first-order chi connectivity index (χ1) is 12.9. The van der Waals surface area contributed by atoms with Gasteiger partial charge in [0.2, 0.25) is 17.6 Å². The SMILES string of the molecule is Cc1cc(C)cc(N2CC(c3nc(-c4ccc(F)c(Cl)c4)no3)CC2=O)c1. The van der Waals surface area contributed by atoms with Gasteiger partial charge < -0.3 is 9.42 Å². The van der Waals surface area contributed by atoms with E-state index in [9.17, 15) is 9.18 Å². The number of aromatic nitrogens is 2. The normalized spacial score (nSPS) is 17.0. The summed E-state index contributed by atoms with van der Waals surface area (Å²) < 4.78 is 18.7. The lowest BCUT2D eigenvalue weighted by Gasteiger charge is -2.17. The molecule has 4 rings (SSSR count). The number of amides is 1. The quantitative estimate of drug-likeness (QED) is 0.657. The third-order valence-corrected chi connectivity index (χ3v) is 4.90. The Labute approximate surface area is 160 Å². The van der Waals surface area contributed by atoms with Crippen LogP contribution in [0, 0.1) is 19.7 Å². The summed E-state index contributed by atoms with van der Waals surface area (Å²) in [7, 11) is 0. The van der Waals surface area contributed by atoms with Crippen molar-refractivity contribution in [1.29, 1.82) is 0 Å². The fourth-order valence-electron chi connectivity index (χ4n) is 3.38. The molecule has 1 aromatic heterocycles. The third kappa shape index (κ3) is 3.45. The summed E-state index contributed by atoms with van der Waals surface area (Å²) in [6, 6.07) is 10.3. The van der Waals surface area contributed by atoms with Gasteiger partial charge in [-0.15, -0.1) is 0 Å². The molecule has 1 amide bonds. The molecule has 2 heterocycles. The maximum atomic E-state index is 13.3. The molecule has 27 heavy (non-hydrogen) atoms. The number of anilines is 1. The molecule has 1 fully saturated rings. The number of aryl methyl sites for hydroxylation is 2. The zero-order chi connectivity index (χ0) is 19.1. The molecule has 1 unspecified atom stereocenters. The molecule has 138 valence electrons. The summed E-state index contributed by atoms with van der Waals surface area (Å²) in [5.41, 5.74) is 3.65. The Morgan fingerprint density at radius 2 is 1.93 bits per heavy atom. The lowest BCUT2D eigenvalue weighted by molar-refractivity contribution is -0.117. The van der Waals surface area contributed by atoms with Gasteiger partial charge in [-0.1, -0.05) is 22.8 Å². The summed E-state index contributed by atoms with van der Waals surface area (Å²) in [6.45, 7) is 4.49.